The molecular weight excluding hydrogens is 446 g/mol. The molecule has 4 aromatic rings. The highest BCUT2D eigenvalue weighted by Gasteiger charge is 2.37. The van der Waals surface area contributed by atoms with Crippen LogP contribution in [0.1, 0.15) is 32.1 Å². The van der Waals surface area contributed by atoms with Gasteiger partial charge in [-0.1, -0.05) is 54.6 Å². The lowest BCUT2D eigenvalue weighted by molar-refractivity contribution is -0.142. The average molecular weight is 467 g/mol. The second-order valence-electron chi connectivity index (χ2n) is 8.21. The van der Waals surface area contributed by atoms with Crippen LogP contribution in [0, 0.1) is 0 Å². The van der Waals surface area contributed by atoms with Crippen LogP contribution >= 0.6 is 0 Å². The summed E-state index contributed by atoms with van der Waals surface area (Å²) in [7, 11) is 0. The van der Waals surface area contributed by atoms with Crippen LogP contribution in [-0.2, 0) is 17.8 Å². The summed E-state index contributed by atoms with van der Waals surface area (Å²) < 4.78 is 1.50. The molecule has 2 heterocycles. The Morgan fingerprint density at radius 3 is 2.20 bits per heavy atom. The van der Waals surface area contributed by atoms with Crippen molar-refractivity contribution in [3.63, 3.8) is 0 Å². The summed E-state index contributed by atoms with van der Waals surface area (Å²) in [6, 6.07) is 22.1. The van der Waals surface area contributed by atoms with Gasteiger partial charge in [0.2, 0.25) is 11.7 Å². The van der Waals surface area contributed by atoms with Crippen molar-refractivity contribution in [2.24, 2.45) is 5.73 Å². The summed E-state index contributed by atoms with van der Waals surface area (Å²) >= 11 is 0. The van der Waals surface area contributed by atoms with Gasteiger partial charge in [-0.25, -0.2) is 14.5 Å². The van der Waals surface area contributed by atoms with Crippen molar-refractivity contribution in [1.82, 2.24) is 19.7 Å². The Kier molecular flexibility index (Phi) is 5.58. The maximum Gasteiger partial charge on any atom is 0.326 e. The predicted molar refractivity (Wildman–Crippen MR) is 127 cm³/mol. The number of hydrogen-bond donors (Lipinski definition) is 2. The zero-order valence-corrected chi connectivity index (χ0v) is 18.5. The molecule has 1 aliphatic rings. The molecule has 0 bridgehead atoms. The first-order chi connectivity index (χ1) is 16.9. The van der Waals surface area contributed by atoms with Crippen molar-refractivity contribution >= 4 is 17.8 Å². The van der Waals surface area contributed by atoms with Gasteiger partial charge in [0.05, 0.1) is 5.69 Å². The predicted octanol–water partition coefficient (Wildman–Crippen LogP) is 2.68. The van der Waals surface area contributed by atoms with E-state index in [9.17, 15) is 19.5 Å². The fraction of sp³-hybridized carbons (Fsp3) is 0.115. The Morgan fingerprint density at radius 1 is 0.886 bits per heavy atom. The first-order valence-electron chi connectivity index (χ1n) is 11.0. The Balaban J connectivity index is 1.57. The fourth-order valence-electron chi connectivity index (χ4n) is 4.21. The second kappa shape index (κ2) is 8.86. The summed E-state index contributed by atoms with van der Waals surface area (Å²) in [6.45, 7) is 0.147. The first-order valence-corrected chi connectivity index (χ1v) is 11.0. The van der Waals surface area contributed by atoms with Crippen LogP contribution in [-0.4, -0.2) is 48.6 Å². The van der Waals surface area contributed by atoms with Gasteiger partial charge in [0.15, 0.2) is 5.82 Å². The standard InChI is InChI=1S/C26H21N5O4/c27-22(32)16-10-12-20(13-11-16)31-24(17-6-2-1-3-7-17)28-23(29-31)25(33)30-15-19-9-5-4-8-18(19)14-21(30)26(34)35/h1-13,21H,14-15H2,(H2,27,32)(H,34,35)/t21-/m0/s1. The number of nitrogens with two attached hydrogens (primary N) is 1. The molecule has 35 heavy (non-hydrogen) atoms. The van der Waals surface area contributed by atoms with Crippen LogP contribution in [0.4, 0.5) is 0 Å². The number of primary amides is 1. The summed E-state index contributed by atoms with van der Waals surface area (Å²) in [6.07, 6.45) is 0.206. The molecule has 0 aliphatic carbocycles. The molecular formula is C26H21N5O4. The van der Waals surface area contributed by atoms with Gasteiger partial charge in [-0.2, -0.15) is 0 Å². The molecule has 0 radical (unpaired) electrons. The Morgan fingerprint density at radius 2 is 1.54 bits per heavy atom. The van der Waals surface area contributed by atoms with E-state index >= 15 is 0 Å². The van der Waals surface area contributed by atoms with Crippen LogP contribution in [0.5, 0.6) is 0 Å². The number of rotatable bonds is 5. The van der Waals surface area contributed by atoms with Crippen molar-refractivity contribution < 1.29 is 19.5 Å². The zero-order valence-electron chi connectivity index (χ0n) is 18.5. The Hall–Kier alpha value is -4.79. The van der Waals surface area contributed by atoms with Crippen LogP contribution in [0.2, 0.25) is 0 Å². The highest BCUT2D eigenvalue weighted by atomic mass is 16.4. The van der Waals surface area contributed by atoms with Crippen molar-refractivity contribution in [2.75, 3.05) is 0 Å². The lowest BCUT2D eigenvalue weighted by Gasteiger charge is -2.33. The van der Waals surface area contributed by atoms with Gasteiger partial charge in [-0.15, -0.1) is 5.10 Å². The smallest absolute Gasteiger partial charge is 0.326 e. The van der Waals surface area contributed by atoms with E-state index in [1.165, 1.54) is 9.58 Å². The number of carboxylic acid groups (broad SMARTS) is 1. The van der Waals surface area contributed by atoms with E-state index in [1.54, 1.807) is 24.3 Å². The fourth-order valence-corrected chi connectivity index (χ4v) is 4.21. The lowest BCUT2D eigenvalue weighted by Crippen LogP contribution is -2.49. The Labute approximate surface area is 200 Å². The van der Waals surface area contributed by atoms with E-state index in [4.69, 9.17) is 5.73 Å². The summed E-state index contributed by atoms with van der Waals surface area (Å²) in [5.41, 5.74) is 8.77. The molecule has 0 unspecified atom stereocenters. The highest BCUT2D eigenvalue weighted by molar-refractivity contribution is 5.95. The molecule has 9 nitrogen and oxygen atoms in total. The van der Waals surface area contributed by atoms with Crippen molar-refractivity contribution in [3.8, 4) is 17.1 Å². The van der Waals surface area contributed by atoms with E-state index in [2.05, 4.69) is 10.1 Å². The average Bonchev–Trinajstić information content (AvgIpc) is 3.33. The number of fused-ring (bicyclic) bond motifs is 1. The van der Waals surface area contributed by atoms with Crippen LogP contribution in [0.25, 0.3) is 17.1 Å². The molecule has 174 valence electrons. The number of carbonyl (C=O) groups excluding carboxylic acids is 2. The second-order valence-corrected chi connectivity index (χ2v) is 8.21. The molecule has 3 N–H and O–H groups in total. The highest BCUT2D eigenvalue weighted by Crippen LogP contribution is 2.27. The van der Waals surface area contributed by atoms with Gasteiger partial charge in [0, 0.05) is 24.1 Å². The molecule has 0 fully saturated rings. The number of carbonyl (C=O) groups is 3. The zero-order chi connectivity index (χ0) is 24.5. The molecule has 0 spiro atoms. The number of benzene rings is 3. The minimum absolute atomic E-state index is 0.117. The van der Waals surface area contributed by atoms with Crippen LogP contribution in [0.3, 0.4) is 0 Å². The van der Waals surface area contributed by atoms with E-state index in [0.29, 0.717) is 17.1 Å². The molecule has 1 atom stereocenters. The minimum atomic E-state index is -1.09. The van der Waals surface area contributed by atoms with Gasteiger partial charge < -0.3 is 15.7 Å². The van der Waals surface area contributed by atoms with Crippen LogP contribution < -0.4 is 5.73 Å². The molecule has 0 saturated heterocycles. The number of aromatic nitrogens is 3. The van der Waals surface area contributed by atoms with Gasteiger partial charge >= 0.3 is 5.97 Å². The van der Waals surface area contributed by atoms with Gasteiger partial charge in [0.25, 0.3) is 5.91 Å². The van der Waals surface area contributed by atoms with E-state index in [0.717, 1.165) is 16.7 Å². The largest absolute Gasteiger partial charge is 0.480 e. The quantitative estimate of drug-likeness (QED) is 0.464. The van der Waals surface area contributed by atoms with E-state index in [1.807, 2.05) is 54.6 Å². The maximum absolute atomic E-state index is 13.6. The maximum atomic E-state index is 13.6. The molecule has 3 aromatic carbocycles. The molecule has 1 aromatic heterocycles. The van der Waals surface area contributed by atoms with Crippen molar-refractivity contribution in [3.05, 3.63) is 101 Å². The number of aliphatic carboxylic acids is 1. The number of hydrogen-bond acceptors (Lipinski definition) is 5. The lowest BCUT2D eigenvalue weighted by atomic mass is 9.94. The van der Waals surface area contributed by atoms with E-state index in [-0.39, 0.29) is 18.8 Å². The van der Waals surface area contributed by atoms with Crippen LogP contribution in [0.15, 0.2) is 78.9 Å². The normalized spacial score (nSPS) is 14.9. The van der Waals surface area contributed by atoms with Crippen molar-refractivity contribution in [2.45, 2.75) is 19.0 Å². The van der Waals surface area contributed by atoms with E-state index < -0.39 is 23.8 Å². The first kappa shape index (κ1) is 22.0. The molecule has 2 amide bonds. The summed E-state index contributed by atoms with van der Waals surface area (Å²) in [5, 5.41) is 14.3. The third kappa shape index (κ3) is 4.15. The third-order valence-corrected chi connectivity index (χ3v) is 6.02. The topological polar surface area (TPSA) is 131 Å². The molecule has 0 saturated carbocycles. The minimum Gasteiger partial charge on any atom is -0.480 e. The number of nitrogens with zero attached hydrogens (tertiary/aromatic N) is 4. The van der Waals surface area contributed by atoms with Crippen molar-refractivity contribution in [1.29, 1.82) is 0 Å². The summed E-state index contributed by atoms with van der Waals surface area (Å²) in [5.74, 6) is -1.92. The third-order valence-electron chi connectivity index (χ3n) is 6.02. The monoisotopic (exact) mass is 467 g/mol. The Bertz CT molecular complexity index is 1430. The van der Waals surface area contributed by atoms with Gasteiger partial charge in [-0.3, -0.25) is 9.59 Å². The van der Waals surface area contributed by atoms with Gasteiger partial charge in [0.1, 0.15) is 6.04 Å². The molecule has 1 aliphatic heterocycles. The summed E-state index contributed by atoms with van der Waals surface area (Å²) in [4.78, 5) is 42.9. The molecule has 5 rings (SSSR count). The SMILES string of the molecule is NC(=O)c1ccc(-n2nc(C(=O)N3Cc4ccccc4C[C@H]3C(=O)O)nc2-c2ccccc2)cc1. The number of amides is 2. The van der Waals surface area contributed by atoms with Gasteiger partial charge in [-0.05, 0) is 35.4 Å². The molecule has 9 heteroatoms. The number of carboxylic acids is 1.